The van der Waals surface area contributed by atoms with Crippen molar-refractivity contribution in [1.82, 2.24) is 29.3 Å². The molecule has 6 rings (SSSR count). The van der Waals surface area contributed by atoms with Gasteiger partial charge >= 0.3 is 0 Å². The predicted molar refractivity (Wildman–Crippen MR) is 153 cm³/mol. The van der Waals surface area contributed by atoms with Crippen molar-refractivity contribution in [2.75, 3.05) is 25.4 Å². The van der Waals surface area contributed by atoms with Crippen molar-refractivity contribution in [3.8, 4) is 11.1 Å². The highest BCUT2D eigenvalue weighted by Gasteiger charge is 2.23. The monoisotopic (exact) mass is 522 g/mol. The SMILES string of the molecule is NC(=O)C1CCCN(CCCCc2cc(-c3ccc4cn(Cc5ccccc5)nc4c3)c3c(N)ncnn23)C1. The zero-order valence-corrected chi connectivity index (χ0v) is 22.0. The third-order valence-corrected chi connectivity index (χ3v) is 7.77. The minimum atomic E-state index is -0.176. The minimum absolute atomic E-state index is 0.0161. The number of primary amides is 1. The molecule has 200 valence electrons. The minimum Gasteiger partial charge on any atom is -0.382 e. The van der Waals surface area contributed by atoms with Crippen LogP contribution >= 0.6 is 0 Å². The van der Waals surface area contributed by atoms with E-state index >= 15 is 0 Å². The van der Waals surface area contributed by atoms with Crippen LogP contribution in [0, 0.1) is 5.92 Å². The first-order chi connectivity index (χ1) is 19.0. The second-order valence-corrected chi connectivity index (χ2v) is 10.5. The second-order valence-electron chi connectivity index (χ2n) is 10.5. The zero-order valence-electron chi connectivity index (χ0n) is 22.0. The highest BCUT2D eigenvalue weighted by atomic mass is 16.1. The molecule has 0 bridgehead atoms. The van der Waals surface area contributed by atoms with Crippen molar-refractivity contribution < 1.29 is 4.79 Å². The summed E-state index contributed by atoms with van der Waals surface area (Å²) in [7, 11) is 0. The normalized spacial score (nSPS) is 16.3. The molecule has 1 saturated heterocycles. The third kappa shape index (κ3) is 5.35. The second kappa shape index (κ2) is 10.9. The number of carbonyl (C=O) groups is 1. The van der Waals surface area contributed by atoms with E-state index in [1.165, 1.54) is 11.9 Å². The maximum absolute atomic E-state index is 11.6. The molecule has 1 atom stereocenters. The quantitative estimate of drug-likeness (QED) is 0.283. The van der Waals surface area contributed by atoms with Crippen LogP contribution in [0.4, 0.5) is 5.82 Å². The lowest BCUT2D eigenvalue weighted by molar-refractivity contribution is -0.123. The molecule has 9 nitrogen and oxygen atoms in total. The first-order valence-corrected chi connectivity index (χ1v) is 13.7. The third-order valence-electron chi connectivity index (χ3n) is 7.77. The number of hydrogen-bond donors (Lipinski definition) is 2. The Morgan fingerprint density at radius 2 is 1.95 bits per heavy atom. The number of fused-ring (bicyclic) bond motifs is 2. The largest absolute Gasteiger partial charge is 0.382 e. The van der Waals surface area contributed by atoms with E-state index in [4.69, 9.17) is 16.6 Å². The summed E-state index contributed by atoms with van der Waals surface area (Å²) in [6.45, 7) is 3.52. The smallest absolute Gasteiger partial charge is 0.221 e. The van der Waals surface area contributed by atoms with Crippen molar-refractivity contribution in [3.05, 3.63) is 78.4 Å². The van der Waals surface area contributed by atoms with Gasteiger partial charge < -0.3 is 16.4 Å². The molecule has 2 aromatic carbocycles. The van der Waals surface area contributed by atoms with E-state index in [1.54, 1.807) is 0 Å². The van der Waals surface area contributed by atoms with Gasteiger partial charge in [0.25, 0.3) is 0 Å². The van der Waals surface area contributed by atoms with Gasteiger partial charge in [0.05, 0.1) is 18.0 Å². The molecule has 4 heterocycles. The zero-order chi connectivity index (χ0) is 26.8. The highest BCUT2D eigenvalue weighted by Crippen LogP contribution is 2.32. The molecule has 5 aromatic rings. The molecule has 3 aromatic heterocycles. The molecule has 0 spiro atoms. The molecule has 1 aliphatic rings. The Morgan fingerprint density at radius 1 is 1.08 bits per heavy atom. The van der Waals surface area contributed by atoms with E-state index < -0.39 is 0 Å². The van der Waals surface area contributed by atoms with Crippen LogP contribution in [0.1, 0.15) is 36.9 Å². The van der Waals surface area contributed by atoms with Gasteiger partial charge in [0.15, 0.2) is 5.82 Å². The molecule has 1 fully saturated rings. The van der Waals surface area contributed by atoms with Crippen LogP contribution in [0.25, 0.3) is 27.5 Å². The lowest BCUT2D eigenvalue weighted by Crippen LogP contribution is -2.41. The van der Waals surface area contributed by atoms with Crippen molar-refractivity contribution in [2.45, 2.75) is 38.6 Å². The molecule has 1 unspecified atom stereocenters. The molecule has 1 amide bonds. The molecule has 39 heavy (non-hydrogen) atoms. The van der Waals surface area contributed by atoms with Crippen molar-refractivity contribution in [3.63, 3.8) is 0 Å². The van der Waals surface area contributed by atoms with E-state index in [0.29, 0.717) is 5.82 Å². The van der Waals surface area contributed by atoms with Crippen molar-refractivity contribution in [2.24, 2.45) is 11.7 Å². The number of amides is 1. The fourth-order valence-corrected chi connectivity index (χ4v) is 5.75. The molecule has 0 aliphatic carbocycles. The summed E-state index contributed by atoms with van der Waals surface area (Å²) in [6.07, 6.45) is 8.47. The summed E-state index contributed by atoms with van der Waals surface area (Å²) in [5, 5.41) is 10.5. The Bertz CT molecular complexity index is 1610. The van der Waals surface area contributed by atoms with Gasteiger partial charge in [-0.1, -0.05) is 42.5 Å². The summed E-state index contributed by atoms with van der Waals surface area (Å²) in [6, 6.07) is 18.9. The number of unbranched alkanes of at least 4 members (excludes halogenated alkanes) is 1. The van der Waals surface area contributed by atoms with Gasteiger partial charge in [-0.25, -0.2) is 9.50 Å². The standard InChI is InChI=1S/C30H34N8O/c31-29-28-26(22-11-12-23-19-37(35-27(23)15-22)17-21-7-2-1-3-8-21)16-25(38(28)34-20-33-29)10-4-5-13-36-14-6-9-24(18-36)30(32)39/h1-3,7-8,11-12,15-16,19-20,24H,4-6,9-10,13-14,17-18H2,(H2,32,39)(H2,31,33,34). The van der Waals surface area contributed by atoms with Gasteiger partial charge in [0.1, 0.15) is 11.8 Å². The molecule has 0 saturated carbocycles. The number of nitrogen functional groups attached to an aromatic ring is 1. The van der Waals surface area contributed by atoms with Crippen LogP contribution in [0.3, 0.4) is 0 Å². The van der Waals surface area contributed by atoms with Gasteiger partial charge in [-0.05, 0) is 68.5 Å². The lowest BCUT2D eigenvalue weighted by atomic mass is 9.97. The number of anilines is 1. The van der Waals surface area contributed by atoms with Crippen LogP contribution in [-0.2, 0) is 17.8 Å². The maximum atomic E-state index is 11.6. The molecule has 9 heteroatoms. The molecule has 0 radical (unpaired) electrons. The fourth-order valence-electron chi connectivity index (χ4n) is 5.75. The summed E-state index contributed by atoms with van der Waals surface area (Å²) in [4.78, 5) is 18.2. The lowest BCUT2D eigenvalue weighted by Gasteiger charge is -2.31. The number of piperidine rings is 1. The summed E-state index contributed by atoms with van der Waals surface area (Å²) in [5.74, 6) is 0.273. The number of hydrogen-bond acceptors (Lipinski definition) is 6. The average Bonchev–Trinajstić information content (AvgIpc) is 3.53. The van der Waals surface area contributed by atoms with Crippen LogP contribution in [0.15, 0.2) is 67.1 Å². The van der Waals surface area contributed by atoms with Crippen LogP contribution < -0.4 is 11.5 Å². The number of aromatic nitrogens is 5. The topological polar surface area (TPSA) is 120 Å². The number of likely N-dealkylation sites (tertiary alicyclic amines) is 1. The number of aryl methyl sites for hydroxylation is 1. The number of nitrogens with zero attached hydrogens (tertiary/aromatic N) is 6. The Balaban J connectivity index is 1.20. The Labute approximate surface area is 227 Å². The fraction of sp³-hybridized carbons (Fsp3) is 0.333. The molecule has 4 N–H and O–H groups in total. The van der Waals surface area contributed by atoms with Gasteiger partial charge in [0.2, 0.25) is 5.91 Å². The van der Waals surface area contributed by atoms with Gasteiger partial charge in [-0.3, -0.25) is 9.48 Å². The highest BCUT2D eigenvalue weighted by molar-refractivity contribution is 5.92. The van der Waals surface area contributed by atoms with E-state index in [-0.39, 0.29) is 11.8 Å². The summed E-state index contributed by atoms with van der Waals surface area (Å²) in [5.41, 5.74) is 18.1. The van der Waals surface area contributed by atoms with E-state index in [0.717, 1.165) is 91.5 Å². The van der Waals surface area contributed by atoms with E-state index in [9.17, 15) is 4.79 Å². The van der Waals surface area contributed by atoms with Crippen LogP contribution in [0.5, 0.6) is 0 Å². The molecule has 1 aliphatic heterocycles. The molecular weight excluding hydrogens is 488 g/mol. The first-order valence-electron chi connectivity index (χ1n) is 13.7. The summed E-state index contributed by atoms with van der Waals surface area (Å²) >= 11 is 0. The summed E-state index contributed by atoms with van der Waals surface area (Å²) < 4.78 is 3.92. The van der Waals surface area contributed by atoms with Gasteiger partial charge in [0, 0.05) is 29.4 Å². The molecular formula is C30H34N8O. The predicted octanol–water partition coefficient (Wildman–Crippen LogP) is 3.90. The number of benzene rings is 2. The van der Waals surface area contributed by atoms with E-state index in [1.807, 2.05) is 27.4 Å². The Kier molecular flexibility index (Phi) is 6.98. The van der Waals surface area contributed by atoms with Crippen LogP contribution in [-0.4, -0.2) is 54.8 Å². The number of carbonyl (C=O) groups excluding carboxylic acids is 1. The first kappa shape index (κ1) is 25.1. The Hall–Kier alpha value is -4.24. The maximum Gasteiger partial charge on any atom is 0.221 e. The Morgan fingerprint density at radius 3 is 2.79 bits per heavy atom. The van der Waals surface area contributed by atoms with Crippen LogP contribution in [0.2, 0.25) is 0 Å². The van der Waals surface area contributed by atoms with Gasteiger partial charge in [-0.15, -0.1) is 0 Å². The van der Waals surface area contributed by atoms with E-state index in [2.05, 4.69) is 57.6 Å². The van der Waals surface area contributed by atoms with Crippen molar-refractivity contribution >= 4 is 28.1 Å². The number of rotatable bonds is 9. The average molecular weight is 523 g/mol. The van der Waals surface area contributed by atoms with Gasteiger partial charge in [-0.2, -0.15) is 10.2 Å². The van der Waals surface area contributed by atoms with Crippen molar-refractivity contribution in [1.29, 1.82) is 0 Å². The number of nitrogens with two attached hydrogens (primary N) is 2.